The lowest BCUT2D eigenvalue weighted by Gasteiger charge is -2.22. The van der Waals surface area contributed by atoms with E-state index in [1.807, 2.05) is 30.3 Å². The molecule has 0 saturated carbocycles. The number of benzene rings is 1. The van der Waals surface area contributed by atoms with E-state index in [4.69, 9.17) is 14.6 Å². The molecule has 0 aliphatic carbocycles. The highest BCUT2D eigenvalue weighted by atomic mass is 32.1. The standard InChI is InChI=1S/C25H31N3O8S/c1-35-24(33)20(9-5-6-11-26-25(34)36-16-18-7-3-2-4-8-18)27-21(29)14-28(15-23(31)32)22(30)13-19-10-12-37-17-19/h2-4,7-8,10,12,17,20H,5-6,9,11,13-16H2,1H3,(H,26,34)(H,27,29)(H,31,32)/t20-/m0/s1. The predicted molar refractivity (Wildman–Crippen MR) is 135 cm³/mol. The average Bonchev–Trinajstić information content (AvgIpc) is 3.39. The van der Waals surface area contributed by atoms with Gasteiger partial charge < -0.3 is 30.1 Å². The molecule has 3 N–H and O–H groups in total. The molecule has 2 rings (SSSR count). The first-order valence-corrected chi connectivity index (χ1v) is 12.5. The molecule has 0 radical (unpaired) electrons. The van der Waals surface area contributed by atoms with Crippen molar-refractivity contribution in [1.29, 1.82) is 0 Å². The molecule has 3 amide bonds. The minimum Gasteiger partial charge on any atom is -0.480 e. The number of aliphatic carboxylic acids is 1. The van der Waals surface area contributed by atoms with E-state index in [-0.39, 0.29) is 19.4 Å². The maximum absolute atomic E-state index is 12.6. The van der Waals surface area contributed by atoms with Crippen LogP contribution in [0.15, 0.2) is 47.2 Å². The van der Waals surface area contributed by atoms with Crippen molar-refractivity contribution in [2.24, 2.45) is 0 Å². The minimum absolute atomic E-state index is 0.0364. The van der Waals surface area contributed by atoms with Gasteiger partial charge in [0.25, 0.3) is 0 Å². The third-order valence-corrected chi connectivity index (χ3v) is 5.90. The SMILES string of the molecule is COC(=O)[C@H](CCCCNC(=O)OCc1ccccc1)NC(=O)CN(CC(=O)O)C(=O)Cc1ccsc1. The highest BCUT2D eigenvalue weighted by Crippen LogP contribution is 2.09. The van der Waals surface area contributed by atoms with Crippen molar-refractivity contribution < 1.29 is 38.6 Å². The first kappa shape index (κ1) is 29.3. The molecular formula is C25H31N3O8S. The van der Waals surface area contributed by atoms with Crippen molar-refractivity contribution >= 4 is 41.2 Å². The molecule has 1 heterocycles. The molecule has 2 aromatic rings. The van der Waals surface area contributed by atoms with E-state index < -0.39 is 49.0 Å². The van der Waals surface area contributed by atoms with Crippen LogP contribution < -0.4 is 10.6 Å². The number of carbonyl (C=O) groups is 5. The number of thiophene rings is 1. The molecule has 0 spiro atoms. The molecule has 0 aliphatic rings. The number of unbranched alkanes of at least 4 members (excludes halogenated alkanes) is 1. The van der Waals surface area contributed by atoms with E-state index in [9.17, 15) is 24.0 Å². The van der Waals surface area contributed by atoms with E-state index >= 15 is 0 Å². The average molecular weight is 534 g/mol. The van der Waals surface area contributed by atoms with Crippen molar-refractivity contribution in [2.75, 3.05) is 26.7 Å². The topological polar surface area (TPSA) is 151 Å². The summed E-state index contributed by atoms with van der Waals surface area (Å²) in [5.41, 5.74) is 1.58. The van der Waals surface area contributed by atoms with Crippen LogP contribution in [0.5, 0.6) is 0 Å². The maximum atomic E-state index is 12.6. The monoisotopic (exact) mass is 533 g/mol. The summed E-state index contributed by atoms with van der Waals surface area (Å²) in [6, 6.07) is 10.0. The van der Waals surface area contributed by atoms with Crippen molar-refractivity contribution in [3.05, 3.63) is 58.3 Å². The number of esters is 1. The zero-order chi connectivity index (χ0) is 27.0. The van der Waals surface area contributed by atoms with E-state index in [1.165, 1.54) is 18.4 Å². The third-order valence-electron chi connectivity index (χ3n) is 5.17. The van der Waals surface area contributed by atoms with Crippen LogP contribution in [0.25, 0.3) is 0 Å². The molecule has 1 aromatic heterocycles. The molecule has 0 bridgehead atoms. The summed E-state index contributed by atoms with van der Waals surface area (Å²) in [5, 5.41) is 17.8. The highest BCUT2D eigenvalue weighted by Gasteiger charge is 2.25. The summed E-state index contributed by atoms with van der Waals surface area (Å²) in [4.78, 5) is 61.2. The van der Waals surface area contributed by atoms with Gasteiger partial charge in [0.1, 0.15) is 25.7 Å². The second kappa shape index (κ2) is 15.9. The zero-order valence-corrected chi connectivity index (χ0v) is 21.3. The lowest BCUT2D eigenvalue weighted by atomic mass is 10.1. The molecule has 1 aromatic carbocycles. The number of rotatable bonds is 15. The van der Waals surface area contributed by atoms with Gasteiger partial charge in [-0.3, -0.25) is 14.4 Å². The van der Waals surface area contributed by atoms with Crippen LogP contribution in [0, 0.1) is 0 Å². The summed E-state index contributed by atoms with van der Waals surface area (Å²) in [6.07, 6.45) is 0.599. The van der Waals surface area contributed by atoms with Crippen LogP contribution in [0.4, 0.5) is 4.79 Å². The minimum atomic E-state index is -1.26. The van der Waals surface area contributed by atoms with Gasteiger partial charge in [0.15, 0.2) is 0 Å². The number of carboxylic acids is 1. The highest BCUT2D eigenvalue weighted by molar-refractivity contribution is 7.08. The van der Waals surface area contributed by atoms with E-state index in [0.29, 0.717) is 19.4 Å². The Hall–Kier alpha value is -3.93. The summed E-state index contributed by atoms with van der Waals surface area (Å²) in [7, 11) is 1.19. The lowest BCUT2D eigenvalue weighted by Crippen LogP contribution is -2.48. The van der Waals surface area contributed by atoms with Gasteiger partial charge in [-0.05, 0) is 47.2 Å². The largest absolute Gasteiger partial charge is 0.480 e. The summed E-state index contributed by atoms with van der Waals surface area (Å²) in [6.45, 7) is -0.709. The number of hydrogen-bond donors (Lipinski definition) is 3. The molecule has 0 fully saturated rings. The van der Waals surface area contributed by atoms with Gasteiger partial charge in [-0.1, -0.05) is 30.3 Å². The summed E-state index contributed by atoms with van der Waals surface area (Å²) < 4.78 is 9.88. The normalized spacial score (nSPS) is 11.2. The van der Waals surface area contributed by atoms with Crippen molar-refractivity contribution in [2.45, 2.75) is 38.3 Å². The number of alkyl carbamates (subject to hydrolysis) is 1. The molecule has 11 nitrogen and oxygen atoms in total. The van der Waals surface area contributed by atoms with Gasteiger partial charge in [0.2, 0.25) is 11.8 Å². The van der Waals surface area contributed by atoms with Crippen LogP contribution in [0.3, 0.4) is 0 Å². The van der Waals surface area contributed by atoms with Crippen LogP contribution in [0.1, 0.15) is 30.4 Å². The first-order chi connectivity index (χ1) is 17.8. The Morgan fingerprint density at radius 2 is 1.78 bits per heavy atom. The molecule has 0 saturated heterocycles. The second-order valence-corrected chi connectivity index (χ2v) is 8.86. The van der Waals surface area contributed by atoms with Crippen LogP contribution in [-0.2, 0) is 41.7 Å². The number of hydrogen-bond acceptors (Lipinski definition) is 8. The third kappa shape index (κ3) is 11.6. The lowest BCUT2D eigenvalue weighted by molar-refractivity contribution is -0.148. The number of ether oxygens (including phenoxy) is 2. The zero-order valence-electron chi connectivity index (χ0n) is 20.5. The van der Waals surface area contributed by atoms with Crippen LogP contribution in [0.2, 0.25) is 0 Å². The number of carbonyl (C=O) groups excluding carboxylic acids is 4. The second-order valence-electron chi connectivity index (χ2n) is 8.08. The fourth-order valence-corrected chi connectivity index (χ4v) is 3.99. The van der Waals surface area contributed by atoms with Gasteiger partial charge in [-0.2, -0.15) is 11.3 Å². The first-order valence-electron chi connectivity index (χ1n) is 11.6. The number of nitrogens with zero attached hydrogens (tertiary/aromatic N) is 1. The number of nitrogens with one attached hydrogen (secondary N) is 2. The van der Waals surface area contributed by atoms with Crippen LogP contribution >= 0.6 is 11.3 Å². The van der Waals surface area contributed by atoms with Crippen molar-refractivity contribution in [3.63, 3.8) is 0 Å². The van der Waals surface area contributed by atoms with Crippen LogP contribution in [-0.4, -0.2) is 72.6 Å². The van der Waals surface area contributed by atoms with E-state index in [2.05, 4.69) is 10.6 Å². The Kier molecular flexibility index (Phi) is 12.6. The number of amides is 3. The summed E-state index contributed by atoms with van der Waals surface area (Å²) >= 11 is 1.40. The molecular weight excluding hydrogens is 502 g/mol. The Labute approximate surface area is 218 Å². The van der Waals surface area contributed by atoms with Gasteiger partial charge in [0.05, 0.1) is 13.5 Å². The molecule has 0 aliphatic heterocycles. The molecule has 12 heteroatoms. The molecule has 0 unspecified atom stereocenters. The molecule has 200 valence electrons. The Balaban J connectivity index is 1.77. The molecule has 37 heavy (non-hydrogen) atoms. The van der Waals surface area contributed by atoms with Gasteiger partial charge >= 0.3 is 18.0 Å². The Morgan fingerprint density at radius 3 is 2.43 bits per heavy atom. The fraction of sp³-hybridized carbons (Fsp3) is 0.400. The predicted octanol–water partition coefficient (Wildman–Crippen LogP) is 1.96. The van der Waals surface area contributed by atoms with E-state index in [0.717, 1.165) is 16.0 Å². The molecule has 1 atom stereocenters. The Bertz CT molecular complexity index is 1030. The summed E-state index contributed by atoms with van der Waals surface area (Å²) in [5.74, 6) is -3.13. The maximum Gasteiger partial charge on any atom is 0.407 e. The van der Waals surface area contributed by atoms with Gasteiger partial charge in [-0.15, -0.1) is 0 Å². The fourth-order valence-electron chi connectivity index (χ4n) is 3.32. The quantitative estimate of drug-likeness (QED) is 0.232. The van der Waals surface area contributed by atoms with Gasteiger partial charge in [0, 0.05) is 6.54 Å². The Morgan fingerprint density at radius 1 is 1.03 bits per heavy atom. The smallest absolute Gasteiger partial charge is 0.407 e. The van der Waals surface area contributed by atoms with Gasteiger partial charge in [-0.25, -0.2) is 9.59 Å². The van der Waals surface area contributed by atoms with Crippen molar-refractivity contribution in [1.82, 2.24) is 15.5 Å². The van der Waals surface area contributed by atoms with E-state index in [1.54, 1.807) is 16.8 Å². The number of methoxy groups -OCH3 is 1. The number of carboxylic acid groups (broad SMARTS) is 1. The van der Waals surface area contributed by atoms with Crippen molar-refractivity contribution in [3.8, 4) is 0 Å².